The summed E-state index contributed by atoms with van der Waals surface area (Å²) in [6, 6.07) is 9.53. The average molecular weight is 251 g/mol. The Morgan fingerprint density at radius 1 is 1.05 bits per heavy atom. The van der Waals surface area contributed by atoms with Crippen LogP contribution in [0.2, 0.25) is 0 Å². The summed E-state index contributed by atoms with van der Waals surface area (Å²) >= 11 is 0. The molecule has 0 amide bonds. The molecule has 94 valence electrons. The average Bonchev–Trinajstić information content (AvgIpc) is 2.89. The Bertz CT molecular complexity index is 700. The second kappa shape index (κ2) is 4.53. The SMILES string of the molecule is Cc1nccc(-n2cc(-c3ccc(N)cc3)cn2)n1. The van der Waals surface area contributed by atoms with Crippen molar-refractivity contribution >= 4 is 5.69 Å². The van der Waals surface area contributed by atoms with Gasteiger partial charge in [-0.2, -0.15) is 5.10 Å². The van der Waals surface area contributed by atoms with Gasteiger partial charge in [0.1, 0.15) is 5.82 Å². The van der Waals surface area contributed by atoms with Crippen LogP contribution in [0.1, 0.15) is 5.82 Å². The van der Waals surface area contributed by atoms with Gasteiger partial charge in [0.05, 0.1) is 6.20 Å². The summed E-state index contributed by atoms with van der Waals surface area (Å²) < 4.78 is 1.74. The van der Waals surface area contributed by atoms with Crippen LogP contribution in [0.4, 0.5) is 5.69 Å². The number of nitrogens with zero attached hydrogens (tertiary/aromatic N) is 4. The molecule has 3 aromatic rings. The van der Waals surface area contributed by atoms with Crippen LogP contribution in [0.3, 0.4) is 0 Å². The monoisotopic (exact) mass is 251 g/mol. The van der Waals surface area contributed by atoms with Crippen LogP contribution in [0, 0.1) is 6.92 Å². The summed E-state index contributed by atoms with van der Waals surface area (Å²) in [5.41, 5.74) is 8.53. The zero-order valence-corrected chi connectivity index (χ0v) is 10.5. The maximum Gasteiger partial charge on any atom is 0.156 e. The van der Waals surface area contributed by atoms with Gasteiger partial charge in [0, 0.05) is 29.7 Å². The number of nitrogen functional groups attached to an aromatic ring is 1. The summed E-state index contributed by atoms with van der Waals surface area (Å²) in [6.07, 6.45) is 5.47. The predicted molar refractivity (Wildman–Crippen MR) is 73.7 cm³/mol. The van der Waals surface area contributed by atoms with Gasteiger partial charge in [-0.3, -0.25) is 0 Å². The molecule has 2 aromatic heterocycles. The first-order chi connectivity index (χ1) is 9.22. The van der Waals surface area contributed by atoms with Gasteiger partial charge in [0.25, 0.3) is 0 Å². The van der Waals surface area contributed by atoms with E-state index >= 15 is 0 Å². The summed E-state index contributed by atoms with van der Waals surface area (Å²) in [4.78, 5) is 8.41. The van der Waals surface area contributed by atoms with E-state index in [2.05, 4.69) is 15.1 Å². The molecule has 0 radical (unpaired) electrons. The minimum absolute atomic E-state index is 0.724. The van der Waals surface area contributed by atoms with Gasteiger partial charge >= 0.3 is 0 Å². The van der Waals surface area contributed by atoms with E-state index in [0.717, 1.165) is 28.5 Å². The molecule has 0 aliphatic heterocycles. The Morgan fingerprint density at radius 3 is 2.58 bits per heavy atom. The summed E-state index contributed by atoms with van der Waals surface area (Å²) in [5, 5.41) is 4.32. The molecule has 0 fully saturated rings. The molecule has 0 aliphatic carbocycles. The molecule has 0 atom stereocenters. The number of aromatic nitrogens is 4. The molecule has 2 N–H and O–H groups in total. The molecule has 5 heteroatoms. The van der Waals surface area contributed by atoms with Crippen LogP contribution in [0.25, 0.3) is 16.9 Å². The van der Waals surface area contributed by atoms with Gasteiger partial charge in [-0.1, -0.05) is 12.1 Å². The van der Waals surface area contributed by atoms with Gasteiger partial charge in [0.15, 0.2) is 5.82 Å². The number of anilines is 1. The van der Waals surface area contributed by atoms with Crippen LogP contribution < -0.4 is 5.73 Å². The lowest BCUT2D eigenvalue weighted by Gasteiger charge is -2.00. The first-order valence-corrected chi connectivity index (χ1v) is 5.93. The van der Waals surface area contributed by atoms with Crippen LogP contribution in [-0.4, -0.2) is 19.7 Å². The van der Waals surface area contributed by atoms with Gasteiger partial charge in [-0.05, 0) is 24.6 Å². The third kappa shape index (κ3) is 2.30. The summed E-state index contributed by atoms with van der Waals surface area (Å²) in [7, 11) is 0. The maximum atomic E-state index is 5.68. The highest BCUT2D eigenvalue weighted by Gasteiger charge is 2.04. The van der Waals surface area contributed by atoms with Crippen molar-refractivity contribution in [3.63, 3.8) is 0 Å². The Kier molecular flexibility index (Phi) is 2.72. The predicted octanol–water partition coefficient (Wildman–Crippen LogP) is 2.22. The van der Waals surface area contributed by atoms with Crippen molar-refractivity contribution in [2.24, 2.45) is 0 Å². The van der Waals surface area contributed by atoms with Crippen LogP contribution in [0.15, 0.2) is 48.9 Å². The Morgan fingerprint density at radius 2 is 1.84 bits per heavy atom. The van der Waals surface area contributed by atoms with Crippen molar-refractivity contribution in [2.75, 3.05) is 5.73 Å². The van der Waals surface area contributed by atoms with E-state index < -0.39 is 0 Å². The van der Waals surface area contributed by atoms with Crippen molar-refractivity contribution < 1.29 is 0 Å². The molecule has 0 bridgehead atoms. The number of rotatable bonds is 2. The minimum Gasteiger partial charge on any atom is -0.399 e. The van der Waals surface area contributed by atoms with E-state index in [1.165, 1.54) is 0 Å². The van der Waals surface area contributed by atoms with E-state index in [1.807, 2.05) is 49.6 Å². The van der Waals surface area contributed by atoms with E-state index in [-0.39, 0.29) is 0 Å². The van der Waals surface area contributed by atoms with Crippen LogP contribution >= 0.6 is 0 Å². The highest BCUT2D eigenvalue weighted by molar-refractivity contribution is 5.64. The third-order valence-electron chi connectivity index (χ3n) is 2.82. The smallest absolute Gasteiger partial charge is 0.156 e. The van der Waals surface area contributed by atoms with Gasteiger partial charge in [-0.15, -0.1) is 0 Å². The molecule has 0 saturated heterocycles. The fourth-order valence-corrected chi connectivity index (χ4v) is 1.84. The molecule has 2 heterocycles. The van der Waals surface area contributed by atoms with E-state index in [0.29, 0.717) is 0 Å². The summed E-state index contributed by atoms with van der Waals surface area (Å²) in [6.45, 7) is 1.86. The highest BCUT2D eigenvalue weighted by Crippen LogP contribution is 2.20. The second-order valence-corrected chi connectivity index (χ2v) is 4.26. The molecule has 0 unspecified atom stereocenters. The quantitative estimate of drug-likeness (QED) is 0.709. The van der Waals surface area contributed by atoms with Crippen molar-refractivity contribution in [1.29, 1.82) is 0 Å². The molecule has 0 spiro atoms. The molecule has 1 aromatic carbocycles. The Balaban J connectivity index is 1.97. The number of nitrogens with two attached hydrogens (primary N) is 1. The Labute approximate surface area is 110 Å². The first-order valence-electron chi connectivity index (χ1n) is 5.93. The lowest BCUT2D eigenvalue weighted by Crippen LogP contribution is -1.99. The molecule has 3 rings (SSSR count). The maximum absolute atomic E-state index is 5.68. The first kappa shape index (κ1) is 11.4. The highest BCUT2D eigenvalue weighted by atomic mass is 15.3. The fraction of sp³-hybridized carbons (Fsp3) is 0.0714. The number of aryl methyl sites for hydroxylation is 1. The van der Waals surface area contributed by atoms with Crippen LogP contribution in [0.5, 0.6) is 0 Å². The van der Waals surface area contributed by atoms with Crippen molar-refractivity contribution in [2.45, 2.75) is 6.92 Å². The zero-order chi connectivity index (χ0) is 13.2. The molecular formula is C14H13N5. The minimum atomic E-state index is 0.724. The van der Waals surface area contributed by atoms with E-state index in [9.17, 15) is 0 Å². The molecule has 19 heavy (non-hydrogen) atoms. The van der Waals surface area contributed by atoms with Gasteiger partial charge < -0.3 is 5.73 Å². The number of benzene rings is 1. The normalized spacial score (nSPS) is 10.6. The Hall–Kier alpha value is -2.69. The van der Waals surface area contributed by atoms with Crippen molar-refractivity contribution in [1.82, 2.24) is 19.7 Å². The summed E-state index contributed by atoms with van der Waals surface area (Å²) in [5.74, 6) is 1.48. The van der Waals surface area contributed by atoms with Gasteiger partial charge in [-0.25, -0.2) is 14.6 Å². The number of hydrogen-bond acceptors (Lipinski definition) is 4. The fourth-order valence-electron chi connectivity index (χ4n) is 1.84. The van der Waals surface area contributed by atoms with Crippen molar-refractivity contribution in [3.8, 4) is 16.9 Å². The molecular weight excluding hydrogens is 238 g/mol. The zero-order valence-electron chi connectivity index (χ0n) is 10.5. The lowest BCUT2D eigenvalue weighted by atomic mass is 10.1. The second-order valence-electron chi connectivity index (χ2n) is 4.26. The molecule has 5 nitrogen and oxygen atoms in total. The van der Waals surface area contributed by atoms with Gasteiger partial charge in [0.2, 0.25) is 0 Å². The van der Waals surface area contributed by atoms with Crippen LogP contribution in [-0.2, 0) is 0 Å². The topological polar surface area (TPSA) is 69.6 Å². The third-order valence-corrected chi connectivity index (χ3v) is 2.82. The number of hydrogen-bond donors (Lipinski definition) is 1. The van der Waals surface area contributed by atoms with E-state index in [1.54, 1.807) is 10.9 Å². The largest absolute Gasteiger partial charge is 0.399 e. The van der Waals surface area contributed by atoms with Crippen molar-refractivity contribution in [3.05, 3.63) is 54.7 Å². The molecule has 0 aliphatic rings. The molecule has 0 saturated carbocycles. The van der Waals surface area contributed by atoms with E-state index in [4.69, 9.17) is 5.73 Å². The standard InChI is InChI=1S/C14H13N5/c1-10-16-7-6-14(18-10)19-9-12(8-17-19)11-2-4-13(15)5-3-11/h2-9H,15H2,1H3. The lowest BCUT2D eigenvalue weighted by molar-refractivity contribution is 0.828.